The standard InChI is InChI=1S/C68H49NO2/c1-41(2)48-25-16-27-53-63-61(71-66(48)53)40-59(69(46-22-12-7-13-23-46)47-34-35-51-50-24-14-15-28-57(50)68(3,4)58(51)38-47)56-39-55(45-32-30-43(31-33-45)42-18-8-5-9-19-42)52-36-37-54-62-49(44-20-10-6-11-21-44)26-17-29-60(62)70-67(54)65(52)64(56)63/h5-41H,1-4H3. The van der Waals surface area contributed by atoms with Crippen molar-refractivity contribution in [3.05, 3.63) is 235 Å². The molecule has 2 aromatic heterocycles. The largest absolute Gasteiger partial charge is 0.456 e. The maximum atomic E-state index is 7.33. The Morgan fingerprint density at radius 1 is 0.366 bits per heavy atom. The van der Waals surface area contributed by atoms with Gasteiger partial charge in [0.25, 0.3) is 0 Å². The van der Waals surface area contributed by atoms with Crippen LogP contribution in [0.1, 0.15) is 50.3 Å². The molecule has 13 aromatic rings. The third kappa shape index (κ3) is 6.22. The molecule has 0 bridgehead atoms. The van der Waals surface area contributed by atoms with Crippen LogP contribution in [0, 0.1) is 0 Å². The fraction of sp³-hybridized carbons (Fsp3) is 0.0882. The first-order valence-corrected chi connectivity index (χ1v) is 24.9. The van der Waals surface area contributed by atoms with Gasteiger partial charge in [-0.15, -0.1) is 0 Å². The van der Waals surface area contributed by atoms with Crippen molar-refractivity contribution in [2.75, 3.05) is 4.90 Å². The number of hydrogen-bond donors (Lipinski definition) is 0. The highest BCUT2D eigenvalue weighted by Crippen LogP contribution is 2.54. The number of rotatable bonds is 7. The highest BCUT2D eigenvalue weighted by Gasteiger charge is 2.36. The Hall–Kier alpha value is -8.66. The van der Waals surface area contributed by atoms with E-state index in [4.69, 9.17) is 8.83 Å². The van der Waals surface area contributed by atoms with Gasteiger partial charge >= 0.3 is 0 Å². The van der Waals surface area contributed by atoms with Gasteiger partial charge in [0.2, 0.25) is 0 Å². The van der Waals surface area contributed by atoms with E-state index in [9.17, 15) is 0 Å². The van der Waals surface area contributed by atoms with Crippen molar-refractivity contribution < 1.29 is 8.83 Å². The van der Waals surface area contributed by atoms with Gasteiger partial charge in [-0.3, -0.25) is 0 Å². The molecule has 71 heavy (non-hydrogen) atoms. The average molecular weight is 912 g/mol. The lowest BCUT2D eigenvalue weighted by atomic mass is 9.82. The average Bonchev–Trinajstić information content (AvgIpc) is 4.07. The summed E-state index contributed by atoms with van der Waals surface area (Å²) in [5.74, 6) is 0.255. The van der Waals surface area contributed by atoms with Gasteiger partial charge in [-0.1, -0.05) is 198 Å². The molecule has 0 amide bonds. The van der Waals surface area contributed by atoms with E-state index in [-0.39, 0.29) is 11.3 Å². The first-order chi connectivity index (χ1) is 34.8. The molecule has 0 unspecified atom stereocenters. The maximum Gasteiger partial charge on any atom is 0.143 e. The van der Waals surface area contributed by atoms with E-state index in [1.807, 2.05) is 0 Å². The molecule has 2 heterocycles. The Morgan fingerprint density at radius 3 is 1.75 bits per heavy atom. The minimum atomic E-state index is -0.191. The lowest BCUT2D eigenvalue weighted by Gasteiger charge is -2.29. The second-order valence-electron chi connectivity index (χ2n) is 20.1. The maximum absolute atomic E-state index is 7.33. The van der Waals surface area contributed by atoms with E-state index in [1.165, 1.54) is 38.9 Å². The summed E-state index contributed by atoms with van der Waals surface area (Å²) in [6.07, 6.45) is 0. The van der Waals surface area contributed by atoms with Crippen molar-refractivity contribution >= 4 is 82.5 Å². The van der Waals surface area contributed by atoms with Crippen molar-refractivity contribution in [2.24, 2.45) is 0 Å². The molecule has 0 aliphatic heterocycles. The summed E-state index contributed by atoms with van der Waals surface area (Å²) in [5, 5.41) is 8.79. The number of benzene rings is 11. The molecule has 0 radical (unpaired) electrons. The first-order valence-electron chi connectivity index (χ1n) is 24.9. The highest BCUT2D eigenvalue weighted by molar-refractivity contribution is 6.36. The Labute approximate surface area is 412 Å². The molecule has 0 N–H and O–H groups in total. The molecule has 0 saturated carbocycles. The van der Waals surface area contributed by atoms with E-state index >= 15 is 0 Å². The van der Waals surface area contributed by atoms with Gasteiger partial charge in [0.1, 0.15) is 22.3 Å². The molecule has 1 aliphatic rings. The van der Waals surface area contributed by atoms with Gasteiger partial charge in [0.15, 0.2) is 0 Å². The van der Waals surface area contributed by atoms with E-state index in [1.54, 1.807) is 0 Å². The summed E-state index contributed by atoms with van der Waals surface area (Å²) in [6, 6.07) is 79.7. The molecular weight excluding hydrogens is 863 g/mol. The molecule has 0 spiro atoms. The third-order valence-corrected chi connectivity index (χ3v) is 15.4. The summed E-state index contributed by atoms with van der Waals surface area (Å²) in [7, 11) is 0. The number of para-hydroxylation sites is 2. The number of anilines is 3. The van der Waals surface area contributed by atoms with Gasteiger partial charge < -0.3 is 13.7 Å². The molecular formula is C68H49NO2. The molecule has 11 aromatic carbocycles. The van der Waals surface area contributed by atoms with E-state index in [0.29, 0.717) is 0 Å². The molecule has 0 fully saturated rings. The highest BCUT2D eigenvalue weighted by atomic mass is 16.3. The van der Waals surface area contributed by atoms with Crippen LogP contribution in [0.25, 0.3) is 110 Å². The van der Waals surface area contributed by atoms with Gasteiger partial charge in [0, 0.05) is 60.6 Å². The minimum absolute atomic E-state index is 0.191. The molecule has 3 heteroatoms. The molecule has 0 saturated heterocycles. The first kappa shape index (κ1) is 41.3. The zero-order chi connectivity index (χ0) is 47.5. The SMILES string of the molecule is CC(C)c1cccc2c1oc1cc(N(c3ccccc3)c3ccc4c(c3)C(C)(C)c3ccccc3-4)c3cc(-c4ccc(-c5ccccc5)cc4)c4ccc5c(oc6cccc(-c7ccccc7)c65)c4c3c12. The molecule has 1 aliphatic carbocycles. The van der Waals surface area contributed by atoms with E-state index < -0.39 is 0 Å². The van der Waals surface area contributed by atoms with Crippen molar-refractivity contribution in [1.82, 2.24) is 0 Å². The molecule has 14 rings (SSSR count). The normalized spacial score (nSPS) is 13.0. The second-order valence-corrected chi connectivity index (χ2v) is 20.1. The van der Waals surface area contributed by atoms with Crippen LogP contribution in [0.5, 0.6) is 0 Å². The number of furan rings is 2. The second kappa shape index (κ2) is 15.7. The lowest BCUT2D eigenvalue weighted by Crippen LogP contribution is -2.16. The predicted molar refractivity (Wildman–Crippen MR) is 299 cm³/mol. The van der Waals surface area contributed by atoms with Crippen molar-refractivity contribution in [3.63, 3.8) is 0 Å². The summed E-state index contributed by atoms with van der Waals surface area (Å²) in [6.45, 7) is 9.23. The quantitative estimate of drug-likeness (QED) is 0.149. The predicted octanol–water partition coefficient (Wildman–Crippen LogP) is 19.7. The summed E-state index contributed by atoms with van der Waals surface area (Å²) in [4.78, 5) is 2.46. The van der Waals surface area contributed by atoms with Gasteiger partial charge in [-0.25, -0.2) is 0 Å². The van der Waals surface area contributed by atoms with Gasteiger partial charge in [-0.05, 0) is 115 Å². The zero-order valence-corrected chi connectivity index (χ0v) is 40.1. The molecule has 0 atom stereocenters. The lowest BCUT2D eigenvalue weighted by molar-refractivity contribution is 0.657. The smallest absolute Gasteiger partial charge is 0.143 e. The minimum Gasteiger partial charge on any atom is -0.456 e. The van der Waals surface area contributed by atoms with Crippen LogP contribution in [0.4, 0.5) is 17.1 Å². The van der Waals surface area contributed by atoms with Crippen LogP contribution in [0.2, 0.25) is 0 Å². The Bertz CT molecular complexity index is 4250. The van der Waals surface area contributed by atoms with Gasteiger partial charge in [0.05, 0.1) is 5.69 Å². The Morgan fingerprint density at radius 2 is 0.972 bits per heavy atom. The fourth-order valence-corrected chi connectivity index (χ4v) is 12.0. The Balaban J connectivity index is 1.16. The summed E-state index contributed by atoms with van der Waals surface area (Å²) < 4.78 is 14.6. The van der Waals surface area contributed by atoms with E-state index in [2.05, 4.69) is 251 Å². The summed E-state index contributed by atoms with van der Waals surface area (Å²) in [5.41, 5.74) is 19.9. The van der Waals surface area contributed by atoms with Gasteiger partial charge in [-0.2, -0.15) is 0 Å². The van der Waals surface area contributed by atoms with Crippen LogP contribution >= 0.6 is 0 Å². The Kier molecular flexibility index (Phi) is 9.13. The topological polar surface area (TPSA) is 29.5 Å². The van der Waals surface area contributed by atoms with Crippen molar-refractivity contribution in [2.45, 2.75) is 39.0 Å². The fourth-order valence-electron chi connectivity index (χ4n) is 12.0. The molecule has 338 valence electrons. The third-order valence-electron chi connectivity index (χ3n) is 15.4. The van der Waals surface area contributed by atoms with Crippen LogP contribution in [-0.4, -0.2) is 0 Å². The molecule has 3 nitrogen and oxygen atoms in total. The van der Waals surface area contributed by atoms with Crippen LogP contribution in [-0.2, 0) is 5.41 Å². The monoisotopic (exact) mass is 911 g/mol. The summed E-state index contributed by atoms with van der Waals surface area (Å²) >= 11 is 0. The van der Waals surface area contributed by atoms with Crippen LogP contribution in [0.15, 0.2) is 227 Å². The van der Waals surface area contributed by atoms with Crippen LogP contribution in [0.3, 0.4) is 0 Å². The van der Waals surface area contributed by atoms with Crippen molar-refractivity contribution in [3.8, 4) is 44.5 Å². The van der Waals surface area contributed by atoms with Crippen molar-refractivity contribution in [1.29, 1.82) is 0 Å². The number of hydrogen-bond acceptors (Lipinski definition) is 3. The number of nitrogens with zero attached hydrogens (tertiary/aromatic N) is 1. The van der Waals surface area contributed by atoms with Crippen LogP contribution < -0.4 is 4.90 Å². The zero-order valence-electron chi connectivity index (χ0n) is 40.1. The number of fused-ring (bicyclic) bond motifs is 14. The van der Waals surface area contributed by atoms with E-state index in [0.717, 1.165) is 105 Å².